The predicted octanol–water partition coefficient (Wildman–Crippen LogP) is 1.61. The lowest BCUT2D eigenvalue weighted by Gasteiger charge is -2.04. The molecule has 0 aliphatic rings. The van der Waals surface area contributed by atoms with Crippen molar-refractivity contribution in [3.05, 3.63) is 33.1 Å². The van der Waals surface area contributed by atoms with Gasteiger partial charge in [-0.05, 0) is 0 Å². The Balaban J connectivity index is 3.64. The van der Waals surface area contributed by atoms with Gasteiger partial charge in [-0.25, -0.2) is 13.8 Å². The summed E-state index contributed by atoms with van der Waals surface area (Å²) in [5.74, 6) is 0. The summed E-state index contributed by atoms with van der Waals surface area (Å²) in [5, 5.41) is 19.0. The fraction of sp³-hybridized carbons (Fsp3) is 0.125. The molecule has 0 aliphatic carbocycles. The van der Waals surface area contributed by atoms with Crippen molar-refractivity contribution in [2.45, 2.75) is 6.43 Å². The predicted molar refractivity (Wildman–Crippen MR) is 46.0 cm³/mol. The minimum atomic E-state index is -3.18. The second-order valence-corrected chi connectivity index (χ2v) is 2.60. The maximum atomic E-state index is 12.5. The number of carbonyl (C=O) groups is 1. The minimum Gasteiger partial charge on any atom is -0.296 e. The first-order valence-corrected chi connectivity index (χ1v) is 3.83. The molecule has 0 bridgehead atoms. The number of nitrogens with zero attached hydrogens (tertiary/aromatic N) is 3. The second-order valence-electron chi connectivity index (χ2n) is 2.60. The quantitative estimate of drug-likeness (QED) is 0.443. The molecule has 1 rings (SSSR count). The van der Waals surface area contributed by atoms with E-state index in [1.165, 1.54) is 6.07 Å². The van der Waals surface area contributed by atoms with Crippen LogP contribution >= 0.6 is 0 Å². The van der Waals surface area contributed by atoms with Crippen LogP contribution in [-0.4, -0.2) is 16.2 Å². The van der Waals surface area contributed by atoms with E-state index in [1.807, 2.05) is 0 Å². The number of pyridine rings is 1. The minimum absolute atomic E-state index is 0.0199. The zero-order chi connectivity index (χ0) is 12.3. The van der Waals surface area contributed by atoms with Gasteiger partial charge in [0.1, 0.15) is 23.5 Å². The van der Waals surface area contributed by atoms with Crippen LogP contribution in [0.5, 0.6) is 0 Å². The van der Waals surface area contributed by atoms with Crippen molar-refractivity contribution >= 4 is 12.0 Å². The van der Waals surface area contributed by atoms with Crippen LogP contribution < -0.4 is 0 Å². The summed E-state index contributed by atoms with van der Waals surface area (Å²) >= 11 is 0. The zero-order valence-electron chi connectivity index (χ0n) is 7.55. The molecule has 1 aromatic heterocycles. The Labute approximate surface area is 87.3 Å². The smallest absolute Gasteiger partial charge is 0.296 e. The SMILES string of the molecule is N#Cc1c([N+](=O)[O-])cnc(C=O)c1C(F)F. The lowest BCUT2D eigenvalue weighted by molar-refractivity contribution is -0.385. The summed E-state index contributed by atoms with van der Waals surface area (Å²) in [6, 6.07) is 1.28. The second kappa shape index (κ2) is 4.39. The molecule has 16 heavy (non-hydrogen) atoms. The Morgan fingerprint density at radius 2 is 2.25 bits per heavy atom. The van der Waals surface area contributed by atoms with Crippen molar-refractivity contribution in [2.24, 2.45) is 0 Å². The van der Waals surface area contributed by atoms with Crippen molar-refractivity contribution < 1.29 is 18.5 Å². The fourth-order valence-corrected chi connectivity index (χ4v) is 1.10. The van der Waals surface area contributed by atoms with Crippen LogP contribution in [0, 0.1) is 21.4 Å². The van der Waals surface area contributed by atoms with Gasteiger partial charge in [0.15, 0.2) is 6.29 Å². The maximum absolute atomic E-state index is 12.5. The molecule has 0 saturated carbocycles. The Morgan fingerprint density at radius 1 is 1.62 bits per heavy atom. The average Bonchev–Trinajstić information content (AvgIpc) is 2.26. The molecule has 8 heteroatoms. The molecule has 0 unspecified atom stereocenters. The standard InChI is InChI=1S/C8H3F2N3O3/c9-8(10)7-4(1-11)6(13(15)16)2-12-5(7)3-14/h2-3,8H. The number of carbonyl (C=O) groups excluding carboxylic acids is 1. The van der Waals surface area contributed by atoms with E-state index in [-0.39, 0.29) is 6.29 Å². The molecule has 0 aromatic carbocycles. The third-order valence-electron chi connectivity index (χ3n) is 1.77. The van der Waals surface area contributed by atoms with Crippen molar-refractivity contribution in [2.75, 3.05) is 0 Å². The monoisotopic (exact) mass is 227 g/mol. The van der Waals surface area contributed by atoms with Crippen LogP contribution in [0.2, 0.25) is 0 Å². The molecule has 82 valence electrons. The number of alkyl halides is 2. The van der Waals surface area contributed by atoms with Crippen molar-refractivity contribution in [3.8, 4) is 6.07 Å². The molecule has 0 atom stereocenters. The Bertz CT molecular complexity index is 496. The summed E-state index contributed by atoms with van der Waals surface area (Å²) in [4.78, 5) is 23.0. The van der Waals surface area contributed by atoms with Crippen molar-refractivity contribution in [3.63, 3.8) is 0 Å². The Kier molecular flexibility index (Phi) is 3.20. The molecule has 0 spiro atoms. The van der Waals surface area contributed by atoms with Crippen LogP contribution in [0.15, 0.2) is 6.20 Å². The van der Waals surface area contributed by atoms with E-state index in [1.54, 1.807) is 0 Å². The van der Waals surface area contributed by atoms with Gasteiger partial charge in [-0.1, -0.05) is 0 Å². The summed E-state index contributed by atoms with van der Waals surface area (Å²) in [7, 11) is 0. The Hall–Kier alpha value is -2.43. The summed E-state index contributed by atoms with van der Waals surface area (Å²) in [6.07, 6.45) is -2.55. The molecule has 6 nitrogen and oxygen atoms in total. The van der Waals surface area contributed by atoms with E-state index in [0.29, 0.717) is 6.20 Å². The highest BCUT2D eigenvalue weighted by Crippen LogP contribution is 2.30. The number of rotatable bonds is 3. The first-order valence-electron chi connectivity index (χ1n) is 3.83. The van der Waals surface area contributed by atoms with Crippen LogP contribution in [0.1, 0.15) is 28.0 Å². The van der Waals surface area contributed by atoms with Gasteiger partial charge in [0.25, 0.3) is 6.43 Å². The number of aromatic nitrogens is 1. The third-order valence-corrected chi connectivity index (χ3v) is 1.77. The van der Waals surface area contributed by atoms with Gasteiger partial charge in [-0.3, -0.25) is 14.9 Å². The van der Waals surface area contributed by atoms with Crippen LogP contribution in [-0.2, 0) is 0 Å². The van der Waals surface area contributed by atoms with Crippen LogP contribution in [0.25, 0.3) is 0 Å². The highest BCUT2D eigenvalue weighted by atomic mass is 19.3. The lowest BCUT2D eigenvalue weighted by Crippen LogP contribution is -2.05. The molecule has 0 radical (unpaired) electrons. The first-order chi connectivity index (χ1) is 7.52. The molecule has 0 saturated heterocycles. The van der Waals surface area contributed by atoms with Gasteiger partial charge < -0.3 is 0 Å². The number of hydrogen-bond acceptors (Lipinski definition) is 5. The van der Waals surface area contributed by atoms with Gasteiger partial charge in [0.05, 0.1) is 10.5 Å². The summed E-state index contributed by atoms with van der Waals surface area (Å²) in [6.45, 7) is 0. The largest absolute Gasteiger partial charge is 0.305 e. The lowest BCUT2D eigenvalue weighted by atomic mass is 10.1. The molecule has 0 amide bonds. The van der Waals surface area contributed by atoms with Crippen LogP contribution in [0.3, 0.4) is 0 Å². The number of hydrogen-bond donors (Lipinski definition) is 0. The summed E-state index contributed by atoms with van der Waals surface area (Å²) < 4.78 is 25.1. The number of aldehydes is 1. The highest BCUT2D eigenvalue weighted by Gasteiger charge is 2.27. The van der Waals surface area contributed by atoms with Gasteiger partial charge in [0, 0.05) is 0 Å². The summed E-state index contributed by atoms with van der Waals surface area (Å²) in [5.41, 5.74) is -3.36. The van der Waals surface area contributed by atoms with Gasteiger partial charge in [-0.2, -0.15) is 5.26 Å². The van der Waals surface area contributed by atoms with Crippen LogP contribution in [0.4, 0.5) is 14.5 Å². The van der Waals surface area contributed by atoms with E-state index in [2.05, 4.69) is 4.98 Å². The van der Waals surface area contributed by atoms with Gasteiger partial charge >= 0.3 is 5.69 Å². The highest BCUT2D eigenvalue weighted by molar-refractivity contribution is 5.77. The number of nitro groups is 1. The van der Waals surface area contributed by atoms with E-state index in [9.17, 15) is 23.7 Å². The maximum Gasteiger partial charge on any atom is 0.305 e. The van der Waals surface area contributed by atoms with Crippen molar-refractivity contribution in [1.29, 1.82) is 5.26 Å². The molecular weight excluding hydrogens is 224 g/mol. The van der Waals surface area contributed by atoms with Crippen molar-refractivity contribution in [1.82, 2.24) is 4.98 Å². The number of halogens is 2. The van der Waals surface area contributed by atoms with Gasteiger partial charge in [0.2, 0.25) is 0 Å². The topological polar surface area (TPSA) is 96.9 Å². The first kappa shape index (κ1) is 11.6. The van der Waals surface area contributed by atoms with E-state index >= 15 is 0 Å². The molecule has 1 heterocycles. The average molecular weight is 227 g/mol. The molecule has 0 N–H and O–H groups in total. The van der Waals surface area contributed by atoms with E-state index in [4.69, 9.17) is 5.26 Å². The van der Waals surface area contributed by atoms with E-state index in [0.717, 1.165) is 0 Å². The number of nitriles is 1. The fourth-order valence-electron chi connectivity index (χ4n) is 1.10. The molecular formula is C8H3F2N3O3. The molecule has 0 fully saturated rings. The molecule has 1 aromatic rings. The normalized spacial score (nSPS) is 9.88. The third kappa shape index (κ3) is 1.83. The van der Waals surface area contributed by atoms with E-state index < -0.39 is 33.9 Å². The zero-order valence-corrected chi connectivity index (χ0v) is 7.55. The molecule has 0 aliphatic heterocycles. The van der Waals surface area contributed by atoms with Gasteiger partial charge in [-0.15, -0.1) is 0 Å². The Morgan fingerprint density at radius 3 is 2.62 bits per heavy atom.